The highest BCUT2D eigenvalue weighted by atomic mass is 35.5. The van der Waals surface area contributed by atoms with Crippen molar-refractivity contribution in [2.45, 2.75) is 38.8 Å². The van der Waals surface area contributed by atoms with Gasteiger partial charge < -0.3 is 14.8 Å². The number of pyridine rings is 1. The Hall–Kier alpha value is -3.09. The van der Waals surface area contributed by atoms with Gasteiger partial charge in [-0.15, -0.1) is 0 Å². The molecule has 184 valence electrons. The molecule has 1 saturated heterocycles. The molecule has 2 heterocycles. The minimum atomic E-state index is -0.119. The van der Waals surface area contributed by atoms with E-state index in [0.29, 0.717) is 23.0 Å². The number of methoxy groups -OCH3 is 2. The van der Waals surface area contributed by atoms with Crippen molar-refractivity contribution in [1.82, 2.24) is 15.2 Å². The van der Waals surface area contributed by atoms with Gasteiger partial charge in [-0.25, -0.2) is 0 Å². The Morgan fingerprint density at radius 3 is 2.57 bits per heavy atom. The van der Waals surface area contributed by atoms with Gasteiger partial charge in [-0.05, 0) is 85.9 Å². The van der Waals surface area contributed by atoms with Crippen LogP contribution in [0.2, 0.25) is 5.02 Å². The average molecular weight is 494 g/mol. The van der Waals surface area contributed by atoms with E-state index < -0.39 is 0 Å². The topological polar surface area (TPSA) is 63.7 Å². The summed E-state index contributed by atoms with van der Waals surface area (Å²) in [6, 6.07) is 15.6. The molecule has 2 aromatic carbocycles. The second kappa shape index (κ2) is 11.6. The SMILES string of the molecule is COc1ccc(CN2CCC(c3cc(CNC(=O)c4cccc(Cl)c4C)ccn3)CC2)cc1OC. The zero-order valence-electron chi connectivity index (χ0n) is 20.5. The second-order valence-electron chi connectivity index (χ2n) is 8.92. The molecule has 1 aromatic heterocycles. The fourth-order valence-corrected chi connectivity index (χ4v) is 4.76. The maximum atomic E-state index is 12.6. The number of ether oxygens (including phenoxy) is 2. The highest BCUT2D eigenvalue weighted by Crippen LogP contribution is 2.31. The van der Waals surface area contributed by atoms with E-state index in [1.54, 1.807) is 32.4 Å². The predicted octanol–water partition coefficient (Wildman–Crippen LogP) is 5.37. The van der Waals surface area contributed by atoms with Crippen molar-refractivity contribution in [3.05, 3.63) is 87.7 Å². The van der Waals surface area contributed by atoms with Crippen molar-refractivity contribution in [1.29, 1.82) is 0 Å². The van der Waals surface area contributed by atoms with Crippen LogP contribution >= 0.6 is 11.6 Å². The maximum Gasteiger partial charge on any atom is 0.251 e. The fraction of sp³-hybridized carbons (Fsp3) is 0.357. The van der Waals surface area contributed by atoms with Gasteiger partial charge in [0.1, 0.15) is 0 Å². The molecule has 0 bridgehead atoms. The van der Waals surface area contributed by atoms with Crippen molar-refractivity contribution in [3.8, 4) is 11.5 Å². The van der Waals surface area contributed by atoms with Gasteiger partial charge in [0.25, 0.3) is 5.91 Å². The first-order valence-corrected chi connectivity index (χ1v) is 12.3. The lowest BCUT2D eigenvalue weighted by Gasteiger charge is -2.32. The molecule has 6 nitrogen and oxygen atoms in total. The monoisotopic (exact) mass is 493 g/mol. The summed E-state index contributed by atoms with van der Waals surface area (Å²) < 4.78 is 10.8. The lowest BCUT2D eigenvalue weighted by Crippen LogP contribution is -2.32. The van der Waals surface area contributed by atoms with E-state index in [1.165, 1.54) is 5.56 Å². The van der Waals surface area contributed by atoms with Gasteiger partial charge in [0.2, 0.25) is 0 Å². The van der Waals surface area contributed by atoms with Crippen LogP contribution in [0.15, 0.2) is 54.7 Å². The molecule has 0 aliphatic carbocycles. The van der Waals surface area contributed by atoms with Gasteiger partial charge in [-0.1, -0.05) is 23.7 Å². The number of piperidine rings is 1. The average Bonchev–Trinajstić information content (AvgIpc) is 2.89. The summed E-state index contributed by atoms with van der Waals surface area (Å²) in [5.41, 5.74) is 4.76. The van der Waals surface area contributed by atoms with Gasteiger partial charge in [-0.2, -0.15) is 0 Å². The summed E-state index contributed by atoms with van der Waals surface area (Å²) in [6.45, 7) is 5.22. The molecule has 0 unspecified atom stereocenters. The van der Waals surface area contributed by atoms with Gasteiger partial charge in [0.15, 0.2) is 11.5 Å². The number of aromatic nitrogens is 1. The highest BCUT2D eigenvalue weighted by molar-refractivity contribution is 6.31. The lowest BCUT2D eigenvalue weighted by molar-refractivity contribution is 0.0950. The molecule has 0 radical (unpaired) electrons. The summed E-state index contributed by atoms with van der Waals surface area (Å²) in [7, 11) is 3.32. The Bertz CT molecular complexity index is 1180. The van der Waals surface area contributed by atoms with Crippen LogP contribution in [-0.4, -0.2) is 43.1 Å². The molecule has 1 aliphatic rings. The van der Waals surface area contributed by atoms with Crippen LogP contribution in [0.4, 0.5) is 0 Å². The van der Waals surface area contributed by atoms with Crippen LogP contribution in [0.25, 0.3) is 0 Å². The number of likely N-dealkylation sites (tertiary alicyclic amines) is 1. The zero-order valence-corrected chi connectivity index (χ0v) is 21.3. The van der Waals surface area contributed by atoms with Gasteiger partial charge >= 0.3 is 0 Å². The molecular weight excluding hydrogens is 462 g/mol. The van der Waals surface area contributed by atoms with E-state index in [1.807, 2.05) is 25.3 Å². The number of hydrogen-bond donors (Lipinski definition) is 1. The third-order valence-corrected chi connectivity index (χ3v) is 7.08. The molecule has 0 spiro atoms. The molecule has 0 atom stereocenters. The van der Waals surface area contributed by atoms with E-state index in [9.17, 15) is 4.79 Å². The maximum absolute atomic E-state index is 12.6. The van der Waals surface area contributed by atoms with Gasteiger partial charge in [-0.3, -0.25) is 14.7 Å². The van der Waals surface area contributed by atoms with Crippen molar-refractivity contribution in [3.63, 3.8) is 0 Å². The number of halogens is 1. The van der Waals surface area contributed by atoms with Gasteiger partial charge in [0.05, 0.1) is 14.2 Å². The Labute approximate surface area is 212 Å². The van der Waals surface area contributed by atoms with E-state index in [-0.39, 0.29) is 5.91 Å². The first kappa shape index (κ1) is 25.0. The number of amides is 1. The third-order valence-electron chi connectivity index (χ3n) is 6.67. The molecule has 1 fully saturated rings. The smallest absolute Gasteiger partial charge is 0.251 e. The van der Waals surface area contributed by atoms with Crippen LogP contribution in [0.3, 0.4) is 0 Å². The molecule has 35 heavy (non-hydrogen) atoms. The lowest BCUT2D eigenvalue weighted by atomic mass is 9.92. The standard InChI is InChI=1S/C28H32ClN3O3/c1-19-23(5-4-6-24(19)29)28(33)31-17-20-9-12-30-25(15-20)22-10-13-32(14-11-22)18-21-7-8-26(34-2)27(16-21)35-3/h4-9,12,15-16,22H,10-11,13-14,17-18H2,1-3H3,(H,31,33). The normalized spacial score (nSPS) is 14.5. The largest absolute Gasteiger partial charge is 0.493 e. The predicted molar refractivity (Wildman–Crippen MR) is 138 cm³/mol. The highest BCUT2D eigenvalue weighted by Gasteiger charge is 2.22. The van der Waals surface area contributed by atoms with E-state index in [2.05, 4.69) is 33.4 Å². The Morgan fingerprint density at radius 1 is 1.06 bits per heavy atom. The Balaban J connectivity index is 1.32. The third kappa shape index (κ3) is 6.13. The van der Waals surface area contributed by atoms with E-state index in [4.69, 9.17) is 21.1 Å². The summed E-state index contributed by atoms with van der Waals surface area (Å²) >= 11 is 6.16. The molecule has 7 heteroatoms. The van der Waals surface area contributed by atoms with Crippen LogP contribution in [0.1, 0.15) is 51.5 Å². The molecule has 1 amide bonds. The molecule has 0 saturated carbocycles. The van der Waals surface area contributed by atoms with Crippen molar-refractivity contribution < 1.29 is 14.3 Å². The van der Waals surface area contributed by atoms with Crippen molar-refractivity contribution >= 4 is 17.5 Å². The summed E-state index contributed by atoms with van der Waals surface area (Å²) in [5.74, 6) is 1.81. The molecule has 1 aliphatic heterocycles. The Morgan fingerprint density at radius 2 is 1.83 bits per heavy atom. The number of nitrogens with zero attached hydrogens (tertiary/aromatic N) is 2. The van der Waals surface area contributed by atoms with Crippen LogP contribution in [0, 0.1) is 6.92 Å². The van der Waals surface area contributed by atoms with E-state index >= 15 is 0 Å². The molecule has 4 rings (SSSR count). The number of nitrogens with one attached hydrogen (secondary N) is 1. The van der Waals surface area contributed by atoms with Gasteiger partial charge in [0, 0.05) is 41.5 Å². The molecule has 3 aromatic rings. The molecular formula is C28H32ClN3O3. The number of hydrogen-bond acceptors (Lipinski definition) is 5. The van der Waals surface area contributed by atoms with Crippen molar-refractivity contribution in [2.75, 3.05) is 27.3 Å². The van der Waals surface area contributed by atoms with Crippen molar-refractivity contribution in [2.24, 2.45) is 0 Å². The number of carbonyl (C=O) groups is 1. The first-order valence-electron chi connectivity index (χ1n) is 11.9. The summed E-state index contributed by atoms with van der Waals surface area (Å²) in [6.07, 6.45) is 3.95. The van der Waals surface area contributed by atoms with Crippen LogP contribution in [-0.2, 0) is 13.1 Å². The first-order chi connectivity index (χ1) is 17.0. The minimum Gasteiger partial charge on any atom is -0.493 e. The Kier molecular flexibility index (Phi) is 8.26. The van der Waals surface area contributed by atoms with Crippen LogP contribution < -0.4 is 14.8 Å². The number of rotatable bonds is 8. The minimum absolute atomic E-state index is 0.119. The zero-order chi connectivity index (χ0) is 24.8. The quantitative estimate of drug-likeness (QED) is 0.457. The number of benzene rings is 2. The fourth-order valence-electron chi connectivity index (χ4n) is 4.58. The summed E-state index contributed by atoms with van der Waals surface area (Å²) in [5, 5.41) is 3.61. The summed E-state index contributed by atoms with van der Waals surface area (Å²) in [4.78, 5) is 19.7. The van der Waals surface area contributed by atoms with Crippen LogP contribution in [0.5, 0.6) is 11.5 Å². The van der Waals surface area contributed by atoms with E-state index in [0.717, 1.165) is 60.8 Å². The second-order valence-corrected chi connectivity index (χ2v) is 9.33. The molecule has 1 N–H and O–H groups in total. The number of carbonyl (C=O) groups excluding carboxylic acids is 1.